The van der Waals surface area contributed by atoms with E-state index in [9.17, 15) is 4.79 Å². The van der Waals surface area contributed by atoms with Gasteiger partial charge in [-0.05, 0) is 43.4 Å². The molecule has 2 rings (SSSR count). The van der Waals surface area contributed by atoms with E-state index in [1.165, 1.54) is 12.0 Å². The number of amides is 1. The molecule has 1 amide bonds. The van der Waals surface area contributed by atoms with Gasteiger partial charge in [0.05, 0.1) is 0 Å². The average Bonchev–Trinajstić information content (AvgIpc) is 3.21. The van der Waals surface area contributed by atoms with E-state index in [2.05, 4.69) is 29.5 Å². The van der Waals surface area contributed by atoms with Gasteiger partial charge in [-0.2, -0.15) is 0 Å². The Morgan fingerprint density at radius 2 is 2.04 bits per heavy atom. The lowest BCUT2D eigenvalue weighted by molar-refractivity contribution is -0.119. The fourth-order valence-corrected chi connectivity index (χ4v) is 2.22. The molecular weight excluding hydrogens is 419 g/mol. The van der Waals surface area contributed by atoms with Crippen LogP contribution in [-0.4, -0.2) is 37.6 Å². The number of primary amides is 1. The van der Waals surface area contributed by atoms with Crippen molar-refractivity contribution in [1.29, 1.82) is 0 Å². The summed E-state index contributed by atoms with van der Waals surface area (Å²) < 4.78 is 5.24. The minimum atomic E-state index is -0.475. The number of nitrogens with two attached hydrogens (primary N) is 1. The average molecular weight is 446 g/mol. The van der Waals surface area contributed by atoms with Crippen LogP contribution in [-0.2, 0) is 11.2 Å². The second-order valence-corrected chi connectivity index (χ2v) is 5.87. The Bertz CT molecular complexity index is 548. The van der Waals surface area contributed by atoms with Gasteiger partial charge < -0.3 is 21.1 Å². The van der Waals surface area contributed by atoms with Crippen molar-refractivity contribution in [3.05, 3.63) is 29.8 Å². The Labute approximate surface area is 160 Å². The minimum absolute atomic E-state index is 0. The second kappa shape index (κ2) is 10.4. The number of halogens is 1. The zero-order chi connectivity index (χ0) is 16.7. The highest BCUT2D eigenvalue weighted by Gasteiger charge is 2.33. The van der Waals surface area contributed by atoms with Gasteiger partial charge in [0.25, 0.3) is 5.91 Å². The molecular formula is C17H27IN4O2. The quantitative estimate of drug-likeness (QED) is 0.322. The number of rotatable bonds is 8. The van der Waals surface area contributed by atoms with Crippen molar-refractivity contribution in [3.8, 4) is 5.75 Å². The van der Waals surface area contributed by atoms with E-state index in [1.807, 2.05) is 24.3 Å². The largest absolute Gasteiger partial charge is 0.484 e. The molecule has 1 aliphatic rings. The minimum Gasteiger partial charge on any atom is -0.484 e. The van der Waals surface area contributed by atoms with Crippen LogP contribution in [0.4, 0.5) is 0 Å². The normalized spacial score (nSPS) is 19.2. The van der Waals surface area contributed by atoms with Crippen molar-refractivity contribution in [2.75, 3.05) is 19.7 Å². The fraction of sp³-hybridized carbons (Fsp3) is 0.529. The third-order valence-corrected chi connectivity index (χ3v) is 3.75. The number of benzene rings is 1. The SMILES string of the molecule is CCNC(=NCCc1ccc(OCC(N)=O)cc1)NC1CC1C.I. The van der Waals surface area contributed by atoms with E-state index in [0.29, 0.717) is 11.8 Å². The second-order valence-electron chi connectivity index (χ2n) is 5.87. The Morgan fingerprint density at radius 3 is 2.58 bits per heavy atom. The smallest absolute Gasteiger partial charge is 0.255 e. The molecule has 7 heteroatoms. The van der Waals surface area contributed by atoms with Crippen LogP contribution in [0.5, 0.6) is 5.75 Å². The lowest BCUT2D eigenvalue weighted by atomic mass is 10.1. The van der Waals surface area contributed by atoms with Crippen molar-refractivity contribution in [2.45, 2.75) is 32.7 Å². The summed E-state index contributed by atoms with van der Waals surface area (Å²) in [6.07, 6.45) is 2.07. The zero-order valence-electron chi connectivity index (χ0n) is 14.2. The molecule has 0 aromatic heterocycles. The molecule has 1 aromatic carbocycles. The Balaban J connectivity index is 0.00000288. The predicted molar refractivity (Wildman–Crippen MR) is 107 cm³/mol. The van der Waals surface area contributed by atoms with E-state index in [-0.39, 0.29) is 30.6 Å². The molecule has 24 heavy (non-hydrogen) atoms. The zero-order valence-corrected chi connectivity index (χ0v) is 16.6. The van der Waals surface area contributed by atoms with Crippen molar-refractivity contribution < 1.29 is 9.53 Å². The summed E-state index contributed by atoms with van der Waals surface area (Å²) in [7, 11) is 0. The lowest BCUT2D eigenvalue weighted by Gasteiger charge is -2.10. The molecule has 0 spiro atoms. The van der Waals surface area contributed by atoms with Gasteiger partial charge in [-0.1, -0.05) is 19.1 Å². The van der Waals surface area contributed by atoms with Crippen molar-refractivity contribution in [2.24, 2.45) is 16.6 Å². The van der Waals surface area contributed by atoms with Crippen LogP contribution in [0.2, 0.25) is 0 Å². The van der Waals surface area contributed by atoms with Crippen LogP contribution in [0.1, 0.15) is 25.8 Å². The van der Waals surface area contributed by atoms with Gasteiger partial charge in [0.15, 0.2) is 12.6 Å². The van der Waals surface area contributed by atoms with Gasteiger partial charge in [-0.25, -0.2) is 0 Å². The van der Waals surface area contributed by atoms with Crippen molar-refractivity contribution >= 4 is 35.8 Å². The standard InChI is InChI=1S/C17H26N4O2.HI/c1-3-19-17(21-15-10-12(15)2)20-9-8-13-4-6-14(7-5-13)23-11-16(18)22;/h4-7,12,15H,3,8-11H2,1-2H3,(H2,18,22)(H2,19,20,21);1H. The number of nitrogens with one attached hydrogen (secondary N) is 2. The number of guanidine groups is 1. The maximum absolute atomic E-state index is 10.7. The molecule has 1 aliphatic carbocycles. The van der Waals surface area contributed by atoms with Crippen molar-refractivity contribution in [3.63, 3.8) is 0 Å². The molecule has 2 atom stereocenters. The Hall–Kier alpha value is -1.51. The van der Waals surface area contributed by atoms with Crippen LogP contribution >= 0.6 is 24.0 Å². The van der Waals surface area contributed by atoms with Gasteiger partial charge in [0.2, 0.25) is 0 Å². The molecule has 1 fully saturated rings. The highest BCUT2D eigenvalue weighted by atomic mass is 127. The van der Waals surface area contributed by atoms with E-state index in [1.54, 1.807) is 0 Å². The molecule has 4 N–H and O–H groups in total. The first-order chi connectivity index (χ1) is 11.1. The monoisotopic (exact) mass is 446 g/mol. The van der Waals surface area contributed by atoms with Crippen LogP contribution < -0.4 is 21.1 Å². The molecule has 0 radical (unpaired) electrons. The third kappa shape index (κ3) is 7.37. The summed E-state index contributed by atoms with van der Waals surface area (Å²) in [5.41, 5.74) is 6.22. The predicted octanol–water partition coefficient (Wildman–Crippen LogP) is 1.67. The summed E-state index contributed by atoms with van der Waals surface area (Å²) in [6.45, 7) is 5.79. The van der Waals surface area contributed by atoms with Crippen LogP contribution in [0, 0.1) is 5.92 Å². The van der Waals surface area contributed by atoms with Crippen LogP contribution in [0.3, 0.4) is 0 Å². The number of nitrogens with zero attached hydrogens (tertiary/aromatic N) is 1. The van der Waals surface area contributed by atoms with Crippen LogP contribution in [0.15, 0.2) is 29.3 Å². The summed E-state index contributed by atoms with van der Waals surface area (Å²) in [5.74, 6) is 1.81. The van der Waals surface area contributed by atoms with E-state index >= 15 is 0 Å². The molecule has 0 aliphatic heterocycles. The molecule has 6 nitrogen and oxygen atoms in total. The van der Waals surface area contributed by atoms with Gasteiger partial charge >= 0.3 is 0 Å². The topological polar surface area (TPSA) is 88.7 Å². The van der Waals surface area contributed by atoms with Gasteiger partial charge in [0.1, 0.15) is 5.75 Å². The summed E-state index contributed by atoms with van der Waals surface area (Å²) in [6, 6.07) is 8.22. The molecule has 0 heterocycles. The highest BCUT2D eigenvalue weighted by Crippen LogP contribution is 2.28. The van der Waals surface area contributed by atoms with Gasteiger partial charge in [-0.3, -0.25) is 9.79 Å². The molecule has 0 saturated heterocycles. The first kappa shape index (κ1) is 20.5. The van der Waals surface area contributed by atoms with E-state index < -0.39 is 5.91 Å². The van der Waals surface area contributed by atoms with E-state index in [0.717, 1.165) is 31.4 Å². The lowest BCUT2D eigenvalue weighted by Crippen LogP contribution is -2.39. The number of hydrogen-bond donors (Lipinski definition) is 3. The van der Waals surface area contributed by atoms with Gasteiger partial charge in [-0.15, -0.1) is 24.0 Å². The number of aliphatic imine (C=N–C) groups is 1. The first-order valence-electron chi connectivity index (χ1n) is 8.13. The Morgan fingerprint density at radius 1 is 1.38 bits per heavy atom. The molecule has 1 aromatic rings. The summed E-state index contributed by atoms with van der Waals surface area (Å²) in [4.78, 5) is 15.3. The van der Waals surface area contributed by atoms with E-state index in [4.69, 9.17) is 10.5 Å². The molecule has 0 bridgehead atoms. The fourth-order valence-electron chi connectivity index (χ4n) is 2.22. The Kier molecular flexibility index (Phi) is 8.88. The number of hydrogen-bond acceptors (Lipinski definition) is 3. The maximum atomic E-state index is 10.7. The summed E-state index contributed by atoms with van der Waals surface area (Å²) in [5, 5.41) is 6.71. The van der Waals surface area contributed by atoms with Gasteiger partial charge in [0, 0.05) is 19.1 Å². The molecule has 1 saturated carbocycles. The third-order valence-electron chi connectivity index (χ3n) is 3.75. The molecule has 134 valence electrons. The maximum Gasteiger partial charge on any atom is 0.255 e. The van der Waals surface area contributed by atoms with Crippen molar-refractivity contribution in [1.82, 2.24) is 10.6 Å². The first-order valence-corrected chi connectivity index (χ1v) is 8.13. The summed E-state index contributed by atoms with van der Waals surface area (Å²) >= 11 is 0. The molecule has 2 unspecified atom stereocenters. The number of carbonyl (C=O) groups is 1. The highest BCUT2D eigenvalue weighted by molar-refractivity contribution is 14.0. The number of ether oxygens (including phenoxy) is 1. The van der Waals surface area contributed by atoms with Crippen LogP contribution in [0.25, 0.3) is 0 Å². The number of carbonyl (C=O) groups excluding carboxylic acids is 1.